The summed E-state index contributed by atoms with van der Waals surface area (Å²) in [7, 11) is 1.60. The molecule has 0 amide bonds. The standard InChI is InChI=1S/C16H18FNO3/c1-3-21-16(19)14(17)15(18)12-5-4-11-9-13(20-2)7-6-10(11)8-12/h4-9,14-15H,3,18H2,1-2H3/t14?,15-/m1/s1. The molecule has 0 fully saturated rings. The summed E-state index contributed by atoms with van der Waals surface area (Å²) in [6.45, 7) is 1.75. The third kappa shape index (κ3) is 3.31. The lowest BCUT2D eigenvalue weighted by atomic mass is 9.99. The zero-order valence-corrected chi connectivity index (χ0v) is 12.0. The van der Waals surface area contributed by atoms with Gasteiger partial charge in [-0.25, -0.2) is 9.18 Å². The fourth-order valence-electron chi connectivity index (χ4n) is 2.11. The second kappa shape index (κ2) is 6.54. The number of hydrogen-bond donors (Lipinski definition) is 1. The zero-order chi connectivity index (χ0) is 15.4. The number of carbonyl (C=O) groups excluding carboxylic acids is 1. The Morgan fingerprint density at radius 3 is 2.57 bits per heavy atom. The van der Waals surface area contributed by atoms with Crippen molar-refractivity contribution in [3.8, 4) is 5.75 Å². The van der Waals surface area contributed by atoms with Crippen molar-refractivity contribution < 1.29 is 18.7 Å². The monoisotopic (exact) mass is 291 g/mol. The molecule has 2 rings (SSSR count). The molecule has 4 nitrogen and oxygen atoms in total. The van der Waals surface area contributed by atoms with Crippen molar-refractivity contribution in [2.24, 2.45) is 5.73 Å². The van der Waals surface area contributed by atoms with Gasteiger partial charge in [-0.3, -0.25) is 0 Å². The van der Waals surface area contributed by atoms with Crippen LogP contribution in [0.3, 0.4) is 0 Å². The molecule has 0 bridgehead atoms. The van der Waals surface area contributed by atoms with Crippen molar-refractivity contribution >= 4 is 16.7 Å². The number of esters is 1. The van der Waals surface area contributed by atoms with Crippen LogP contribution in [-0.2, 0) is 9.53 Å². The molecule has 0 aliphatic heterocycles. The molecule has 2 N–H and O–H groups in total. The summed E-state index contributed by atoms with van der Waals surface area (Å²) in [5.74, 6) is -0.186. The SMILES string of the molecule is CCOC(=O)C(F)[C@H](N)c1ccc2cc(OC)ccc2c1. The lowest BCUT2D eigenvalue weighted by Gasteiger charge is -2.16. The summed E-state index contributed by atoms with van der Waals surface area (Å²) in [6.07, 6.45) is -1.87. The highest BCUT2D eigenvalue weighted by molar-refractivity contribution is 5.85. The van der Waals surface area contributed by atoms with Gasteiger partial charge in [0.1, 0.15) is 5.75 Å². The highest BCUT2D eigenvalue weighted by atomic mass is 19.1. The van der Waals surface area contributed by atoms with E-state index >= 15 is 0 Å². The molecule has 0 radical (unpaired) electrons. The van der Waals surface area contributed by atoms with Crippen LogP contribution in [0.4, 0.5) is 4.39 Å². The minimum atomic E-state index is -1.87. The van der Waals surface area contributed by atoms with Crippen molar-refractivity contribution in [1.82, 2.24) is 0 Å². The second-order valence-corrected chi connectivity index (χ2v) is 4.65. The Labute approximate surface area is 122 Å². The number of carbonyl (C=O) groups is 1. The first kappa shape index (κ1) is 15.3. The minimum Gasteiger partial charge on any atom is -0.497 e. The maximum Gasteiger partial charge on any atom is 0.342 e. The van der Waals surface area contributed by atoms with E-state index in [1.54, 1.807) is 26.2 Å². The Morgan fingerprint density at radius 1 is 1.24 bits per heavy atom. The Hall–Kier alpha value is -2.14. The highest BCUT2D eigenvalue weighted by Gasteiger charge is 2.27. The van der Waals surface area contributed by atoms with Crippen molar-refractivity contribution in [3.63, 3.8) is 0 Å². The van der Waals surface area contributed by atoms with Gasteiger partial charge in [0.15, 0.2) is 0 Å². The molecular formula is C16H18FNO3. The van der Waals surface area contributed by atoms with E-state index in [2.05, 4.69) is 4.74 Å². The minimum absolute atomic E-state index is 0.128. The molecule has 0 saturated heterocycles. The molecule has 0 spiro atoms. The van der Waals surface area contributed by atoms with Crippen molar-refractivity contribution in [3.05, 3.63) is 42.0 Å². The maximum absolute atomic E-state index is 14.0. The average Bonchev–Trinajstić information content (AvgIpc) is 2.52. The molecule has 0 heterocycles. The van der Waals surface area contributed by atoms with E-state index in [-0.39, 0.29) is 6.61 Å². The molecule has 112 valence electrons. The first-order valence-electron chi connectivity index (χ1n) is 6.70. The van der Waals surface area contributed by atoms with Gasteiger partial charge in [-0.05, 0) is 41.5 Å². The summed E-state index contributed by atoms with van der Waals surface area (Å²) in [5.41, 5.74) is 6.37. The Bertz CT molecular complexity index is 644. The number of nitrogens with two attached hydrogens (primary N) is 1. The zero-order valence-electron chi connectivity index (χ0n) is 12.0. The van der Waals surface area contributed by atoms with Gasteiger partial charge in [0.05, 0.1) is 19.8 Å². The summed E-state index contributed by atoms with van der Waals surface area (Å²) in [6, 6.07) is 9.81. The van der Waals surface area contributed by atoms with Crippen LogP contribution in [-0.4, -0.2) is 25.9 Å². The summed E-state index contributed by atoms with van der Waals surface area (Å²) in [4.78, 5) is 11.4. The van der Waals surface area contributed by atoms with E-state index in [0.29, 0.717) is 5.56 Å². The Balaban J connectivity index is 2.27. The lowest BCUT2D eigenvalue weighted by Crippen LogP contribution is -2.31. The first-order valence-corrected chi connectivity index (χ1v) is 6.70. The summed E-state index contributed by atoms with van der Waals surface area (Å²) >= 11 is 0. The molecule has 0 aliphatic rings. The molecule has 2 aromatic carbocycles. The second-order valence-electron chi connectivity index (χ2n) is 4.65. The molecular weight excluding hydrogens is 273 g/mol. The van der Waals surface area contributed by atoms with E-state index < -0.39 is 18.2 Å². The maximum atomic E-state index is 14.0. The number of fused-ring (bicyclic) bond motifs is 1. The molecule has 2 atom stereocenters. The smallest absolute Gasteiger partial charge is 0.342 e. The van der Waals surface area contributed by atoms with E-state index in [4.69, 9.17) is 10.5 Å². The number of benzene rings is 2. The average molecular weight is 291 g/mol. The molecule has 5 heteroatoms. The largest absolute Gasteiger partial charge is 0.497 e. The van der Waals surface area contributed by atoms with Gasteiger partial charge in [0.2, 0.25) is 6.17 Å². The number of halogens is 1. The fraction of sp³-hybridized carbons (Fsp3) is 0.312. The van der Waals surface area contributed by atoms with Gasteiger partial charge in [0.25, 0.3) is 0 Å². The topological polar surface area (TPSA) is 61.5 Å². The Morgan fingerprint density at radius 2 is 1.90 bits per heavy atom. The van der Waals surface area contributed by atoms with Gasteiger partial charge in [0, 0.05) is 0 Å². The predicted molar refractivity (Wildman–Crippen MR) is 79.0 cm³/mol. The predicted octanol–water partition coefficient (Wildman–Crippen LogP) is 2.75. The van der Waals surface area contributed by atoms with Crippen LogP contribution in [0.1, 0.15) is 18.5 Å². The van der Waals surface area contributed by atoms with Crippen molar-refractivity contribution in [2.75, 3.05) is 13.7 Å². The van der Waals surface area contributed by atoms with Gasteiger partial charge in [-0.15, -0.1) is 0 Å². The molecule has 21 heavy (non-hydrogen) atoms. The van der Waals surface area contributed by atoms with Crippen LogP contribution >= 0.6 is 0 Å². The molecule has 0 aromatic heterocycles. The third-order valence-electron chi connectivity index (χ3n) is 3.28. The van der Waals surface area contributed by atoms with Crippen LogP contribution in [0.5, 0.6) is 5.75 Å². The summed E-state index contributed by atoms with van der Waals surface area (Å²) < 4.78 is 23.8. The first-order chi connectivity index (χ1) is 10.1. The van der Waals surface area contributed by atoms with E-state index in [0.717, 1.165) is 16.5 Å². The molecule has 0 aliphatic carbocycles. The van der Waals surface area contributed by atoms with Crippen LogP contribution in [0, 0.1) is 0 Å². The number of methoxy groups -OCH3 is 1. The number of ether oxygens (including phenoxy) is 2. The quantitative estimate of drug-likeness (QED) is 0.860. The normalized spacial score (nSPS) is 13.7. The lowest BCUT2D eigenvalue weighted by molar-refractivity contribution is -0.149. The van der Waals surface area contributed by atoms with Gasteiger partial charge in [-0.2, -0.15) is 0 Å². The van der Waals surface area contributed by atoms with Gasteiger partial charge in [-0.1, -0.05) is 18.2 Å². The molecule has 0 saturated carbocycles. The Kier molecular flexibility index (Phi) is 4.75. The van der Waals surface area contributed by atoms with Gasteiger partial charge >= 0.3 is 5.97 Å². The van der Waals surface area contributed by atoms with Crippen molar-refractivity contribution in [2.45, 2.75) is 19.1 Å². The highest BCUT2D eigenvalue weighted by Crippen LogP contribution is 2.25. The van der Waals surface area contributed by atoms with E-state index in [1.165, 1.54) is 0 Å². The number of hydrogen-bond acceptors (Lipinski definition) is 4. The number of alkyl halides is 1. The van der Waals surface area contributed by atoms with Crippen LogP contribution in [0.25, 0.3) is 10.8 Å². The summed E-state index contributed by atoms with van der Waals surface area (Å²) in [5, 5.41) is 1.86. The van der Waals surface area contributed by atoms with Crippen molar-refractivity contribution in [1.29, 1.82) is 0 Å². The van der Waals surface area contributed by atoms with Crippen LogP contribution < -0.4 is 10.5 Å². The van der Waals surface area contributed by atoms with E-state index in [1.807, 2.05) is 24.3 Å². The molecule has 1 unspecified atom stereocenters. The van der Waals surface area contributed by atoms with Gasteiger partial charge < -0.3 is 15.2 Å². The fourth-order valence-corrected chi connectivity index (χ4v) is 2.11. The van der Waals surface area contributed by atoms with Crippen LogP contribution in [0.2, 0.25) is 0 Å². The third-order valence-corrected chi connectivity index (χ3v) is 3.28. The molecule has 2 aromatic rings. The van der Waals surface area contributed by atoms with E-state index in [9.17, 15) is 9.18 Å². The number of rotatable bonds is 5. The van der Waals surface area contributed by atoms with Crippen LogP contribution in [0.15, 0.2) is 36.4 Å².